The molecule has 1 heterocycles. The fourth-order valence-electron chi connectivity index (χ4n) is 2.45. The van der Waals surface area contributed by atoms with Gasteiger partial charge in [0.25, 0.3) is 0 Å². The summed E-state index contributed by atoms with van der Waals surface area (Å²) in [5, 5.41) is 20.8. The van der Waals surface area contributed by atoms with Gasteiger partial charge < -0.3 is 5.32 Å². The average Bonchev–Trinajstić information content (AvgIpc) is 3.16. The van der Waals surface area contributed by atoms with E-state index < -0.39 is 17.8 Å². The van der Waals surface area contributed by atoms with E-state index in [1.807, 2.05) is 25.1 Å². The Hall–Kier alpha value is -2.89. The summed E-state index contributed by atoms with van der Waals surface area (Å²) in [6.45, 7) is 1.90. The van der Waals surface area contributed by atoms with E-state index in [4.69, 9.17) is 11.6 Å². The standard InChI is InChI=1S/C19H15ClFN5OS/c1-12-6-7-13(8-15(12)20)26-11-23-25-19(26)28-10-18(27)24-17(9-22)14-4-2-3-5-16(14)21/h2-8,11,17H,10H2,1H3,(H,24,27). The molecule has 3 aromatic rings. The molecule has 2 aromatic carbocycles. The smallest absolute Gasteiger partial charge is 0.231 e. The van der Waals surface area contributed by atoms with E-state index >= 15 is 0 Å². The molecule has 0 saturated carbocycles. The van der Waals surface area contributed by atoms with Gasteiger partial charge >= 0.3 is 0 Å². The van der Waals surface area contributed by atoms with Crippen molar-refractivity contribution in [1.82, 2.24) is 20.1 Å². The molecule has 0 aliphatic heterocycles. The van der Waals surface area contributed by atoms with E-state index in [0.29, 0.717) is 10.2 Å². The Labute approximate surface area is 170 Å². The van der Waals surface area contributed by atoms with Gasteiger partial charge in [-0.05, 0) is 30.7 Å². The number of aryl methyl sites for hydroxylation is 1. The molecule has 9 heteroatoms. The quantitative estimate of drug-likeness (QED) is 0.618. The zero-order valence-corrected chi connectivity index (χ0v) is 16.3. The molecule has 1 N–H and O–H groups in total. The SMILES string of the molecule is Cc1ccc(-n2cnnc2SCC(=O)NC(C#N)c2ccccc2F)cc1Cl. The molecule has 1 atom stereocenters. The molecule has 0 aliphatic rings. The van der Waals surface area contributed by atoms with E-state index in [1.165, 1.54) is 24.5 Å². The first-order chi connectivity index (χ1) is 13.5. The number of nitrogens with zero attached hydrogens (tertiary/aromatic N) is 4. The van der Waals surface area contributed by atoms with Crippen molar-refractivity contribution >= 4 is 29.3 Å². The van der Waals surface area contributed by atoms with Crippen LogP contribution in [0.25, 0.3) is 5.69 Å². The fraction of sp³-hybridized carbons (Fsp3) is 0.158. The second-order valence-corrected chi connectivity index (χ2v) is 7.21. The Morgan fingerprint density at radius 2 is 2.18 bits per heavy atom. The van der Waals surface area contributed by atoms with E-state index in [-0.39, 0.29) is 11.3 Å². The minimum absolute atomic E-state index is 0.00901. The summed E-state index contributed by atoms with van der Waals surface area (Å²) in [6.07, 6.45) is 1.53. The number of nitrogens with one attached hydrogen (secondary N) is 1. The van der Waals surface area contributed by atoms with Gasteiger partial charge in [-0.15, -0.1) is 10.2 Å². The lowest BCUT2D eigenvalue weighted by atomic mass is 10.1. The van der Waals surface area contributed by atoms with Crippen LogP contribution in [0.4, 0.5) is 4.39 Å². The summed E-state index contributed by atoms with van der Waals surface area (Å²) >= 11 is 7.32. The summed E-state index contributed by atoms with van der Waals surface area (Å²) in [7, 11) is 0. The lowest BCUT2D eigenvalue weighted by molar-refractivity contribution is -0.118. The predicted octanol–water partition coefficient (Wildman–Crippen LogP) is 3.84. The van der Waals surface area contributed by atoms with Crippen molar-refractivity contribution in [3.63, 3.8) is 0 Å². The molecular weight excluding hydrogens is 401 g/mol. The molecule has 1 amide bonds. The normalized spacial score (nSPS) is 11.6. The van der Waals surface area contributed by atoms with Crippen molar-refractivity contribution in [1.29, 1.82) is 5.26 Å². The summed E-state index contributed by atoms with van der Waals surface area (Å²) in [6, 6.07) is 12.2. The monoisotopic (exact) mass is 415 g/mol. The number of carbonyl (C=O) groups is 1. The highest BCUT2D eigenvalue weighted by Gasteiger charge is 2.18. The Balaban J connectivity index is 1.67. The highest BCUT2D eigenvalue weighted by Crippen LogP contribution is 2.24. The molecule has 0 saturated heterocycles. The molecule has 0 radical (unpaired) electrons. The Morgan fingerprint density at radius 1 is 1.39 bits per heavy atom. The minimum Gasteiger partial charge on any atom is -0.336 e. The molecule has 1 aromatic heterocycles. The van der Waals surface area contributed by atoms with Crippen molar-refractivity contribution in [3.8, 4) is 11.8 Å². The zero-order chi connectivity index (χ0) is 20.1. The molecule has 0 spiro atoms. The molecule has 1 unspecified atom stereocenters. The number of hydrogen-bond acceptors (Lipinski definition) is 5. The van der Waals surface area contributed by atoms with E-state index in [0.717, 1.165) is 23.0 Å². The van der Waals surface area contributed by atoms with Crippen LogP contribution in [-0.4, -0.2) is 26.4 Å². The van der Waals surface area contributed by atoms with Gasteiger partial charge in [0.2, 0.25) is 5.91 Å². The Morgan fingerprint density at radius 3 is 2.89 bits per heavy atom. The van der Waals surface area contributed by atoms with Gasteiger partial charge in [0.15, 0.2) is 5.16 Å². The predicted molar refractivity (Wildman–Crippen MR) is 105 cm³/mol. The summed E-state index contributed by atoms with van der Waals surface area (Å²) in [5.74, 6) is -0.973. The van der Waals surface area contributed by atoms with Gasteiger partial charge in [0.1, 0.15) is 18.2 Å². The van der Waals surface area contributed by atoms with E-state index in [9.17, 15) is 14.4 Å². The minimum atomic E-state index is -1.07. The van der Waals surface area contributed by atoms with Gasteiger partial charge in [-0.2, -0.15) is 5.26 Å². The van der Waals surface area contributed by atoms with Crippen molar-refractivity contribution in [2.24, 2.45) is 0 Å². The lowest BCUT2D eigenvalue weighted by Crippen LogP contribution is -2.29. The highest BCUT2D eigenvalue weighted by molar-refractivity contribution is 7.99. The second-order valence-electron chi connectivity index (χ2n) is 5.86. The second kappa shape index (κ2) is 8.87. The third-order valence-corrected chi connectivity index (χ3v) is 5.28. The third kappa shape index (κ3) is 4.50. The van der Waals surface area contributed by atoms with E-state index in [2.05, 4.69) is 15.5 Å². The molecule has 0 fully saturated rings. The molecule has 0 aliphatic carbocycles. The average molecular weight is 416 g/mol. The molecule has 6 nitrogen and oxygen atoms in total. The van der Waals surface area contributed by atoms with Crippen LogP contribution in [0.3, 0.4) is 0 Å². The van der Waals surface area contributed by atoms with Crippen molar-refractivity contribution in [2.45, 2.75) is 18.1 Å². The molecule has 28 heavy (non-hydrogen) atoms. The maximum absolute atomic E-state index is 13.8. The zero-order valence-electron chi connectivity index (χ0n) is 14.8. The summed E-state index contributed by atoms with van der Waals surface area (Å²) in [5.41, 5.74) is 1.84. The van der Waals surface area contributed by atoms with E-state index in [1.54, 1.807) is 16.7 Å². The van der Waals surface area contributed by atoms with Gasteiger partial charge in [0, 0.05) is 10.6 Å². The topological polar surface area (TPSA) is 83.6 Å². The number of nitriles is 1. The van der Waals surface area contributed by atoms with Gasteiger partial charge in [-0.3, -0.25) is 9.36 Å². The molecule has 0 bridgehead atoms. The van der Waals surface area contributed by atoms with Crippen LogP contribution in [-0.2, 0) is 4.79 Å². The van der Waals surface area contributed by atoms with Gasteiger partial charge in [-0.25, -0.2) is 4.39 Å². The Bertz CT molecular complexity index is 1050. The number of hydrogen-bond donors (Lipinski definition) is 1. The Kier molecular flexibility index (Phi) is 6.29. The highest BCUT2D eigenvalue weighted by atomic mass is 35.5. The van der Waals surface area contributed by atoms with Crippen molar-refractivity contribution in [3.05, 3.63) is 70.8 Å². The number of thioether (sulfide) groups is 1. The van der Waals surface area contributed by atoms with Crippen LogP contribution < -0.4 is 5.32 Å². The molecular formula is C19H15ClFN5OS. The number of carbonyl (C=O) groups excluding carboxylic acids is 1. The van der Waals surface area contributed by atoms with Crippen molar-refractivity contribution in [2.75, 3.05) is 5.75 Å². The number of benzene rings is 2. The van der Waals surface area contributed by atoms with Gasteiger partial charge in [-0.1, -0.05) is 47.6 Å². The largest absolute Gasteiger partial charge is 0.336 e. The van der Waals surface area contributed by atoms with Crippen LogP contribution in [0.5, 0.6) is 0 Å². The van der Waals surface area contributed by atoms with Crippen LogP contribution in [0.1, 0.15) is 17.2 Å². The lowest BCUT2D eigenvalue weighted by Gasteiger charge is -2.12. The summed E-state index contributed by atoms with van der Waals surface area (Å²) < 4.78 is 15.6. The van der Waals surface area contributed by atoms with Crippen LogP contribution in [0, 0.1) is 24.1 Å². The first-order valence-electron chi connectivity index (χ1n) is 8.22. The van der Waals surface area contributed by atoms with Crippen LogP contribution in [0.2, 0.25) is 5.02 Å². The number of aromatic nitrogens is 3. The maximum Gasteiger partial charge on any atom is 0.231 e. The maximum atomic E-state index is 13.8. The number of amides is 1. The first-order valence-corrected chi connectivity index (χ1v) is 9.58. The fourth-order valence-corrected chi connectivity index (χ4v) is 3.37. The number of rotatable bonds is 6. The van der Waals surface area contributed by atoms with Crippen LogP contribution in [0.15, 0.2) is 53.9 Å². The van der Waals surface area contributed by atoms with Gasteiger partial charge in [0.05, 0.1) is 17.5 Å². The first kappa shape index (κ1) is 19.9. The molecule has 3 rings (SSSR count). The number of halogens is 2. The van der Waals surface area contributed by atoms with Crippen LogP contribution >= 0.6 is 23.4 Å². The third-order valence-electron chi connectivity index (χ3n) is 3.93. The molecule has 142 valence electrons. The van der Waals surface area contributed by atoms with Crippen molar-refractivity contribution < 1.29 is 9.18 Å². The summed E-state index contributed by atoms with van der Waals surface area (Å²) in [4.78, 5) is 12.3.